The Balaban J connectivity index is 2.06. The molecule has 2 rings (SSSR count). The third kappa shape index (κ3) is 4.93. The Bertz CT molecular complexity index is 674. The van der Waals surface area contributed by atoms with Crippen LogP contribution in [0.1, 0.15) is 24.3 Å². The normalized spacial score (nSPS) is 11.8. The van der Waals surface area contributed by atoms with Gasteiger partial charge in [-0.1, -0.05) is 22.0 Å². The van der Waals surface area contributed by atoms with E-state index in [-0.39, 0.29) is 24.3 Å². The number of carbonyl (C=O) groups excluding carboxylic acids is 2. The van der Waals surface area contributed by atoms with E-state index in [1.165, 1.54) is 18.3 Å². The van der Waals surface area contributed by atoms with Gasteiger partial charge in [0.1, 0.15) is 0 Å². The lowest BCUT2D eigenvalue weighted by molar-refractivity contribution is -0.120. The second-order valence-corrected chi connectivity index (χ2v) is 7.39. The van der Waals surface area contributed by atoms with E-state index in [0.29, 0.717) is 5.69 Å². The Kier molecular flexibility index (Phi) is 6.16. The predicted molar refractivity (Wildman–Crippen MR) is 96.0 cm³/mol. The first-order chi connectivity index (χ1) is 10.5. The molecule has 22 heavy (non-hydrogen) atoms. The van der Waals surface area contributed by atoms with Crippen LogP contribution in [0, 0.1) is 0 Å². The molecule has 1 unspecified atom stereocenters. The molecule has 1 atom stereocenters. The summed E-state index contributed by atoms with van der Waals surface area (Å²) in [6.45, 7) is 1.45. The molecule has 0 spiro atoms. The maximum atomic E-state index is 12.2. The zero-order valence-electron chi connectivity index (χ0n) is 11.7. The van der Waals surface area contributed by atoms with Gasteiger partial charge in [-0.3, -0.25) is 9.59 Å². The largest absolute Gasteiger partial charge is 0.348 e. The van der Waals surface area contributed by atoms with Gasteiger partial charge in [-0.25, -0.2) is 0 Å². The van der Waals surface area contributed by atoms with Crippen LogP contribution in [-0.4, -0.2) is 11.8 Å². The van der Waals surface area contributed by atoms with Crippen molar-refractivity contribution in [3.05, 3.63) is 49.5 Å². The maximum absolute atomic E-state index is 12.2. The molecule has 0 fully saturated rings. The number of rotatable bonds is 5. The fourth-order valence-electron chi connectivity index (χ4n) is 1.94. The molecule has 0 aliphatic heterocycles. The summed E-state index contributed by atoms with van der Waals surface area (Å²) in [6.07, 6.45) is 0.183. The van der Waals surface area contributed by atoms with Gasteiger partial charge < -0.3 is 10.6 Å². The molecule has 0 saturated carbocycles. The van der Waals surface area contributed by atoms with Crippen molar-refractivity contribution in [3.63, 3.8) is 0 Å². The monoisotopic (exact) mass is 444 g/mol. The lowest BCUT2D eigenvalue weighted by Gasteiger charge is -2.16. The summed E-state index contributed by atoms with van der Waals surface area (Å²) in [5, 5.41) is 7.59. The van der Waals surface area contributed by atoms with Crippen LogP contribution in [0.3, 0.4) is 0 Å². The van der Waals surface area contributed by atoms with Crippen LogP contribution in [-0.2, 0) is 9.59 Å². The van der Waals surface area contributed by atoms with Crippen LogP contribution in [0.25, 0.3) is 0 Å². The Labute approximate surface area is 149 Å². The summed E-state index contributed by atoms with van der Waals surface area (Å²) in [5.74, 6) is -0.314. The highest BCUT2D eigenvalue weighted by atomic mass is 79.9. The molecule has 0 saturated heterocycles. The van der Waals surface area contributed by atoms with Gasteiger partial charge in [-0.05, 0) is 45.6 Å². The Hall–Kier alpha value is -1.18. The quantitative estimate of drug-likeness (QED) is 0.712. The first kappa shape index (κ1) is 17.2. The van der Waals surface area contributed by atoms with Crippen molar-refractivity contribution in [2.45, 2.75) is 19.4 Å². The van der Waals surface area contributed by atoms with Crippen LogP contribution in [0.15, 0.2) is 44.7 Å². The number of hydrogen-bond donors (Lipinski definition) is 2. The third-order valence-corrected chi connectivity index (χ3v) is 4.99. The molecular weight excluding hydrogens is 432 g/mol. The minimum Gasteiger partial charge on any atom is -0.348 e. The standard InChI is InChI=1S/C15H14Br2N2O2S/c1-9(20)18-13(14-3-2-6-22-14)8-15(21)19-12-5-4-10(16)7-11(12)17/h2-7,13H,8H2,1H3,(H,18,20)(H,19,21). The Morgan fingerprint density at radius 3 is 2.64 bits per heavy atom. The van der Waals surface area contributed by atoms with Gasteiger partial charge in [0.05, 0.1) is 18.2 Å². The van der Waals surface area contributed by atoms with Crippen molar-refractivity contribution < 1.29 is 9.59 Å². The Morgan fingerprint density at radius 2 is 2.05 bits per heavy atom. The molecule has 2 N–H and O–H groups in total. The number of halogens is 2. The minimum absolute atomic E-state index is 0.156. The van der Waals surface area contributed by atoms with E-state index in [9.17, 15) is 9.59 Å². The minimum atomic E-state index is -0.313. The SMILES string of the molecule is CC(=O)NC(CC(=O)Nc1ccc(Br)cc1Br)c1cccs1. The van der Waals surface area contributed by atoms with E-state index in [1.54, 1.807) is 0 Å². The van der Waals surface area contributed by atoms with E-state index < -0.39 is 0 Å². The van der Waals surface area contributed by atoms with Crippen molar-refractivity contribution >= 4 is 60.7 Å². The average molecular weight is 446 g/mol. The number of thiophene rings is 1. The maximum Gasteiger partial charge on any atom is 0.226 e. The van der Waals surface area contributed by atoms with E-state index >= 15 is 0 Å². The highest BCUT2D eigenvalue weighted by Gasteiger charge is 2.18. The average Bonchev–Trinajstić information content (AvgIpc) is 2.95. The fourth-order valence-corrected chi connectivity index (χ4v) is 3.86. The second kappa shape index (κ2) is 7.89. The second-order valence-electron chi connectivity index (χ2n) is 4.64. The first-order valence-corrected chi connectivity index (χ1v) is 8.97. The number of benzene rings is 1. The van der Waals surface area contributed by atoms with Gasteiger partial charge in [-0.2, -0.15) is 0 Å². The molecule has 0 aliphatic rings. The van der Waals surface area contributed by atoms with Crippen LogP contribution >= 0.6 is 43.2 Å². The van der Waals surface area contributed by atoms with E-state index in [0.717, 1.165) is 13.8 Å². The van der Waals surface area contributed by atoms with Crippen LogP contribution < -0.4 is 10.6 Å². The highest BCUT2D eigenvalue weighted by molar-refractivity contribution is 9.11. The number of carbonyl (C=O) groups is 2. The van der Waals surface area contributed by atoms with Crippen molar-refractivity contribution in [1.29, 1.82) is 0 Å². The zero-order valence-corrected chi connectivity index (χ0v) is 15.7. The molecule has 0 radical (unpaired) electrons. The summed E-state index contributed by atoms with van der Waals surface area (Å²) in [5.41, 5.74) is 0.695. The van der Waals surface area contributed by atoms with Crippen LogP contribution in [0.5, 0.6) is 0 Å². The number of hydrogen-bond acceptors (Lipinski definition) is 3. The lowest BCUT2D eigenvalue weighted by Crippen LogP contribution is -2.29. The van der Waals surface area contributed by atoms with E-state index in [4.69, 9.17) is 0 Å². The molecular formula is C15H14Br2N2O2S. The number of amides is 2. The summed E-state index contributed by atoms with van der Waals surface area (Å²) in [6, 6.07) is 9.02. The number of anilines is 1. The van der Waals surface area contributed by atoms with Crippen molar-refractivity contribution in [2.24, 2.45) is 0 Å². The predicted octanol–water partition coefficient (Wildman–Crippen LogP) is 4.48. The molecule has 4 nitrogen and oxygen atoms in total. The summed E-state index contributed by atoms with van der Waals surface area (Å²) in [7, 11) is 0. The zero-order chi connectivity index (χ0) is 16.1. The van der Waals surface area contributed by atoms with Gasteiger partial charge in [-0.15, -0.1) is 11.3 Å². The molecule has 116 valence electrons. The van der Waals surface area contributed by atoms with E-state index in [2.05, 4.69) is 42.5 Å². The van der Waals surface area contributed by atoms with Crippen LogP contribution in [0.4, 0.5) is 5.69 Å². The molecule has 0 bridgehead atoms. The molecule has 2 amide bonds. The van der Waals surface area contributed by atoms with Gasteiger partial charge in [0.15, 0.2) is 0 Å². The summed E-state index contributed by atoms with van der Waals surface area (Å²) < 4.78 is 1.72. The lowest BCUT2D eigenvalue weighted by atomic mass is 10.1. The van der Waals surface area contributed by atoms with Crippen molar-refractivity contribution in [3.8, 4) is 0 Å². The van der Waals surface area contributed by atoms with E-state index in [1.807, 2.05) is 35.7 Å². The molecule has 7 heteroatoms. The molecule has 0 aliphatic carbocycles. The van der Waals surface area contributed by atoms with Crippen molar-refractivity contribution in [1.82, 2.24) is 5.32 Å². The fraction of sp³-hybridized carbons (Fsp3) is 0.200. The first-order valence-electron chi connectivity index (χ1n) is 6.51. The van der Waals surface area contributed by atoms with Crippen LogP contribution in [0.2, 0.25) is 0 Å². The molecule has 2 aromatic rings. The van der Waals surface area contributed by atoms with Gasteiger partial charge in [0.25, 0.3) is 0 Å². The van der Waals surface area contributed by atoms with Gasteiger partial charge >= 0.3 is 0 Å². The van der Waals surface area contributed by atoms with Gasteiger partial charge in [0.2, 0.25) is 11.8 Å². The molecule has 1 heterocycles. The Morgan fingerprint density at radius 1 is 1.27 bits per heavy atom. The summed E-state index contributed by atoms with van der Waals surface area (Å²) in [4.78, 5) is 24.5. The highest BCUT2D eigenvalue weighted by Crippen LogP contribution is 2.27. The number of nitrogens with one attached hydrogen (secondary N) is 2. The smallest absolute Gasteiger partial charge is 0.226 e. The van der Waals surface area contributed by atoms with Crippen molar-refractivity contribution in [2.75, 3.05) is 5.32 Å². The summed E-state index contributed by atoms with van der Waals surface area (Å²) >= 11 is 8.29. The molecule has 1 aromatic heterocycles. The molecule has 1 aromatic carbocycles. The van der Waals surface area contributed by atoms with Gasteiger partial charge in [0, 0.05) is 20.7 Å². The third-order valence-electron chi connectivity index (χ3n) is 2.86. The topological polar surface area (TPSA) is 58.2 Å².